The number of phenols is 1. The molecule has 0 amide bonds. The molecule has 8 nitrogen and oxygen atoms in total. The minimum Gasteiger partial charge on any atom is -0.505 e. The van der Waals surface area contributed by atoms with Crippen LogP contribution in [0.5, 0.6) is 5.75 Å². The second-order valence-corrected chi connectivity index (χ2v) is 5.84. The van der Waals surface area contributed by atoms with Crippen LogP contribution < -0.4 is 4.72 Å². The van der Waals surface area contributed by atoms with Gasteiger partial charge in [0.25, 0.3) is 5.69 Å². The summed E-state index contributed by atoms with van der Waals surface area (Å²) in [4.78, 5) is 9.84. The van der Waals surface area contributed by atoms with Crippen molar-refractivity contribution in [2.75, 3.05) is 17.8 Å². The summed E-state index contributed by atoms with van der Waals surface area (Å²) >= 11 is 0. The van der Waals surface area contributed by atoms with Gasteiger partial charge in [-0.05, 0) is 18.9 Å². The van der Waals surface area contributed by atoms with E-state index >= 15 is 0 Å². The molecule has 0 bridgehead atoms. The normalized spacial score (nSPS) is 16.4. The second kappa shape index (κ2) is 5.02. The highest BCUT2D eigenvalue weighted by Gasteiger charge is 2.26. The van der Waals surface area contributed by atoms with E-state index in [2.05, 4.69) is 4.72 Å². The molecular formula is C10H13N3O5S. The summed E-state index contributed by atoms with van der Waals surface area (Å²) in [6.45, 7) is 0.867. The monoisotopic (exact) mass is 287 g/mol. The molecule has 0 radical (unpaired) electrons. The fourth-order valence-electron chi connectivity index (χ4n) is 1.85. The maximum Gasteiger partial charge on any atom is 0.301 e. The fraction of sp³-hybridized carbons (Fsp3) is 0.400. The van der Waals surface area contributed by atoms with E-state index in [-0.39, 0.29) is 11.4 Å². The first-order valence-corrected chi connectivity index (χ1v) is 7.09. The summed E-state index contributed by atoms with van der Waals surface area (Å²) in [5.41, 5.74) is -0.376. The minimum absolute atomic E-state index is 0.0718. The minimum atomic E-state index is -3.72. The van der Waals surface area contributed by atoms with Crippen molar-refractivity contribution in [3.63, 3.8) is 0 Å². The van der Waals surface area contributed by atoms with Crippen LogP contribution in [0.1, 0.15) is 12.8 Å². The summed E-state index contributed by atoms with van der Waals surface area (Å²) in [5.74, 6) is -0.475. The first kappa shape index (κ1) is 13.6. The van der Waals surface area contributed by atoms with E-state index in [4.69, 9.17) is 0 Å². The molecule has 0 atom stereocenters. The summed E-state index contributed by atoms with van der Waals surface area (Å²) in [6.07, 6.45) is 1.60. The third-order valence-corrected chi connectivity index (χ3v) is 4.36. The third-order valence-electron chi connectivity index (χ3n) is 2.84. The number of aromatic hydroxyl groups is 1. The molecule has 9 heteroatoms. The number of nitrogens with one attached hydrogen (secondary N) is 1. The van der Waals surface area contributed by atoms with Gasteiger partial charge in [-0.25, -0.2) is 0 Å². The topological polar surface area (TPSA) is 113 Å². The smallest absolute Gasteiger partial charge is 0.301 e. The Morgan fingerprint density at radius 1 is 1.32 bits per heavy atom. The lowest BCUT2D eigenvalue weighted by Crippen LogP contribution is -2.33. The van der Waals surface area contributed by atoms with Gasteiger partial charge in [0.1, 0.15) is 5.75 Å². The van der Waals surface area contributed by atoms with Gasteiger partial charge in [-0.3, -0.25) is 14.8 Å². The lowest BCUT2D eigenvalue weighted by molar-refractivity contribution is -0.384. The summed E-state index contributed by atoms with van der Waals surface area (Å²) in [7, 11) is -3.72. The van der Waals surface area contributed by atoms with Crippen LogP contribution in [0.4, 0.5) is 11.4 Å². The van der Waals surface area contributed by atoms with Crippen LogP contribution >= 0.6 is 0 Å². The highest BCUT2D eigenvalue weighted by Crippen LogP contribution is 2.29. The van der Waals surface area contributed by atoms with Gasteiger partial charge in [-0.1, -0.05) is 0 Å². The molecule has 19 heavy (non-hydrogen) atoms. The molecule has 1 fully saturated rings. The third kappa shape index (κ3) is 2.93. The van der Waals surface area contributed by atoms with Gasteiger partial charge < -0.3 is 5.11 Å². The molecule has 1 saturated heterocycles. The van der Waals surface area contributed by atoms with Gasteiger partial charge in [0.2, 0.25) is 0 Å². The van der Waals surface area contributed by atoms with Crippen LogP contribution in [0.3, 0.4) is 0 Å². The highest BCUT2D eigenvalue weighted by atomic mass is 32.2. The first-order chi connectivity index (χ1) is 8.90. The van der Waals surface area contributed by atoms with Crippen LogP contribution in [0.15, 0.2) is 18.2 Å². The molecule has 1 heterocycles. The molecule has 2 rings (SSSR count). The molecule has 0 spiro atoms. The van der Waals surface area contributed by atoms with Crippen LogP contribution in [0.2, 0.25) is 0 Å². The van der Waals surface area contributed by atoms with E-state index in [1.807, 2.05) is 0 Å². The van der Waals surface area contributed by atoms with Crippen molar-refractivity contribution in [3.8, 4) is 5.75 Å². The van der Waals surface area contributed by atoms with Crippen molar-refractivity contribution < 1.29 is 18.4 Å². The number of nitro groups is 1. The van der Waals surface area contributed by atoms with Gasteiger partial charge in [0, 0.05) is 19.2 Å². The Kier molecular flexibility index (Phi) is 3.58. The number of hydrogen-bond acceptors (Lipinski definition) is 5. The average molecular weight is 287 g/mol. The number of phenolic OH excluding ortho intramolecular Hbond substituents is 1. The van der Waals surface area contributed by atoms with E-state index < -0.39 is 20.9 Å². The molecule has 0 aliphatic carbocycles. The molecule has 1 aliphatic rings. The Balaban J connectivity index is 2.21. The highest BCUT2D eigenvalue weighted by molar-refractivity contribution is 7.90. The number of anilines is 1. The van der Waals surface area contributed by atoms with E-state index in [0.717, 1.165) is 25.0 Å². The molecule has 1 aliphatic heterocycles. The standard InChI is InChI=1S/C10H13N3O5S/c14-10-7-8(13(15)16)3-4-9(10)11-19(17,18)12-5-1-2-6-12/h3-4,7,11,14H,1-2,5-6H2. The van der Waals surface area contributed by atoms with Gasteiger partial charge in [0.15, 0.2) is 0 Å². The van der Waals surface area contributed by atoms with E-state index in [9.17, 15) is 23.6 Å². The Morgan fingerprint density at radius 2 is 1.95 bits per heavy atom. The number of rotatable bonds is 4. The number of non-ortho nitro benzene ring substituents is 1. The SMILES string of the molecule is O=[N+]([O-])c1ccc(NS(=O)(=O)N2CCCC2)c(O)c1. The lowest BCUT2D eigenvalue weighted by atomic mass is 10.3. The zero-order valence-electron chi connectivity index (χ0n) is 9.94. The van der Waals surface area contributed by atoms with Gasteiger partial charge >= 0.3 is 10.2 Å². The maximum atomic E-state index is 11.9. The predicted molar refractivity (Wildman–Crippen MR) is 68.1 cm³/mol. The van der Waals surface area contributed by atoms with Crippen molar-refractivity contribution in [3.05, 3.63) is 28.3 Å². The van der Waals surface area contributed by atoms with Crippen molar-refractivity contribution >= 4 is 21.6 Å². The van der Waals surface area contributed by atoms with Crippen LogP contribution in [-0.4, -0.2) is 35.8 Å². The summed E-state index contributed by atoms with van der Waals surface area (Å²) in [5, 5.41) is 20.1. The Hall–Kier alpha value is -1.87. The van der Waals surface area contributed by atoms with E-state index in [1.54, 1.807) is 0 Å². The first-order valence-electron chi connectivity index (χ1n) is 5.65. The molecule has 0 aromatic heterocycles. The number of hydrogen-bond donors (Lipinski definition) is 2. The van der Waals surface area contributed by atoms with Crippen molar-refractivity contribution in [2.24, 2.45) is 0 Å². The Bertz CT molecular complexity index is 595. The van der Waals surface area contributed by atoms with Crippen LogP contribution in [0, 0.1) is 10.1 Å². The number of nitrogens with zero attached hydrogens (tertiary/aromatic N) is 2. The molecule has 2 N–H and O–H groups in total. The van der Waals surface area contributed by atoms with Crippen molar-refractivity contribution in [1.29, 1.82) is 0 Å². The molecule has 104 valence electrons. The zero-order valence-corrected chi connectivity index (χ0v) is 10.8. The molecule has 1 aromatic rings. The van der Waals surface area contributed by atoms with Crippen molar-refractivity contribution in [1.82, 2.24) is 4.31 Å². The number of benzene rings is 1. The fourth-order valence-corrected chi connectivity index (χ4v) is 3.17. The molecule has 1 aromatic carbocycles. The lowest BCUT2D eigenvalue weighted by Gasteiger charge is -2.17. The Morgan fingerprint density at radius 3 is 2.47 bits per heavy atom. The van der Waals surface area contributed by atoms with Crippen molar-refractivity contribution in [2.45, 2.75) is 12.8 Å². The second-order valence-electron chi connectivity index (χ2n) is 4.17. The zero-order chi connectivity index (χ0) is 14.0. The van der Waals surface area contributed by atoms with Crippen LogP contribution in [-0.2, 0) is 10.2 Å². The van der Waals surface area contributed by atoms with E-state index in [1.165, 1.54) is 10.4 Å². The average Bonchev–Trinajstić information content (AvgIpc) is 2.85. The summed E-state index contributed by atoms with van der Waals surface area (Å²) in [6, 6.07) is 3.20. The quantitative estimate of drug-likeness (QED) is 0.488. The van der Waals surface area contributed by atoms with Gasteiger partial charge in [0.05, 0.1) is 16.7 Å². The summed E-state index contributed by atoms with van der Waals surface area (Å²) < 4.78 is 27.4. The molecular weight excluding hydrogens is 274 g/mol. The number of nitro benzene ring substituents is 1. The predicted octanol–water partition coefficient (Wildman–Crippen LogP) is 1.05. The largest absolute Gasteiger partial charge is 0.505 e. The van der Waals surface area contributed by atoms with E-state index in [0.29, 0.717) is 13.1 Å². The Labute approximate surface area is 110 Å². The van der Waals surface area contributed by atoms with Crippen LogP contribution in [0.25, 0.3) is 0 Å². The maximum absolute atomic E-state index is 11.9. The van der Waals surface area contributed by atoms with Gasteiger partial charge in [-0.15, -0.1) is 0 Å². The molecule has 0 unspecified atom stereocenters. The van der Waals surface area contributed by atoms with Gasteiger partial charge in [-0.2, -0.15) is 12.7 Å². The molecule has 0 saturated carbocycles.